The molecule has 1 rings (SSSR count). The molecule has 1 aliphatic heterocycles. The molecular weight excluding hydrogens is 233 g/mol. The van der Waals surface area contributed by atoms with Gasteiger partial charge in [0.1, 0.15) is 0 Å². The monoisotopic (exact) mass is 253 g/mol. The van der Waals surface area contributed by atoms with Crippen LogP contribution in [0.15, 0.2) is 0 Å². The Labute approximate surface area is 103 Å². The predicted octanol–water partition coefficient (Wildman–Crippen LogP) is 2.63. The van der Waals surface area contributed by atoms with Gasteiger partial charge in [-0.25, -0.2) is 0 Å². The number of ether oxygens (including phenoxy) is 1. The third-order valence-corrected chi connectivity index (χ3v) is 4.32. The molecule has 1 heterocycles. The summed E-state index contributed by atoms with van der Waals surface area (Å²) in [6.07, 6.45) is 3.28. The zero-order valence-corrected chi connectivity index (χ0v) is 10.9. The van der Waals surface area contributed by atoms with E-state index in [9.17, 15) is 0 Å². The fraction of sp³-hybridized carbons (Fsp3) is 1.00. The van der Waals surface area contributed by atoms with E-state index in [4.69, 9.17) is 27.9 Å². The van der Waals surface area contributed by atoms with Gasteiger partial charge in [0.05, 0.1) is 0 Å². The molecule has 1 N–H and O–H groups in total. The maximum absolute atomic E-state index is 5.97. The van der Waals surface area contributed by atoms with Gasteiger partial charge in [-0.2, -0.15) is 0 Å². The molecule has 1 saturated heterocycles. The largest absolute Gasteiger partial charge is 0.381 e. The fourth-order valence-corrected chi connectivity index (χ4v) is 2.61. The molecule has 1 fully saturated rings. The highest BCUT2D eigenvalue weighted by atomic mass is 35.5. The van der Waals surface area contributed by atoms with Gasteiger partial charge >= 0.3 is 0 Å². The van der Waals surface area contributed by atoms with Crippen LogP contribution in [0.5, 0.6) is 0 Å². The highest BCUT2D eigenvalue weighted by Gasteiger charge is 2.26. The van der Waals surface area contributed by atoms with Gasteiger partial charge in [0.25, 0.3) is 0 Å². The number of rotatable bonds is 6. The molecule has 15 heavy (non-hydrogen) atoms. The maximum atomic E-state index is 5.97. The van der Waals surface area contributed by atoms with Crippen molar-refractivity contribution in [1.82, 2.24) is 5.32 Å². The van der Waals surface area contributed by atoms with E-state index in [1.165, 1.54) is 0 Å². The minimum atomic E-state index is -0.0819. The van der Waals surface area contributed by atoms with Gasteiger partial charge < -0.3 is 10.1 Å². The number of halogens is 2. The van der Waals surface area contributed by atoms with Crippen LogP contribution in [-0.4, -0.2) is 37.1 Å². The third-order valence-electron chi connectivity index (χ3n) is 3.29. The molecule has 0 radical (unpaired) electrons. The summed E-state index contributed by atoms with van der Waals surface area (Å²) < 4.78 is 5.33. The van der Waals surface area contributed by atoms with Crippen LogP contribution in [0.2, 0.25) is 0 Å². The third kappa shape index (κ3) is 4.10. The molecule has 0 spiro atoms. The predicted molar refractivity (Wildman–Crippen MR) is 66.0 cm³/mol. The topological polar surface area (TPSA) is 21.3 Å². The van der Waals surface area contributed by atoms with Crippen molar-refractivity contribution < 1.29 is 4.74 Å². The molecule has 2 nitrogen and oxygen atoms in total. The van der Waals surface area contributed by atoms with Crippen LogP contribution in [0.1, 0.15) is 26.2 Å². The van der Waals surface area contributed by atoms with E-state index in [2.05, 4.69) is 12.2 Å². The minimum Gasteiger partial charge on any atom is -0.381 e. The van der Waals surface area contributed by atoms with Crippen LogP contribution in [0.3, 0.4) is 0 Å². The van der Waals surface area contributed by atoms with Crippen molar-refractivity contribution in [3.63, 3.8) is 0 Å². The van der Waals surface area contributed by atoms with E-state index in [0.29, 0.717) is 11.8 Å². The Hall–Kier alpha value is 0.500. The second-order valence-electron chi connectivity index (χ2n) is 4.34. The standard InChI is InChI=1S/C11H21Cl2NO/c1-2-11(8-12,9-13)14-7-10-3-5-15-6-4-10/h10,14H,2-9H2,1H3. The Morgan fingerprint density at radius 1 is 1.27 bits per heavy atom. The second kappa shape index (κ2) is 6.95. The lowest BCUT2D eigenvalue weighted by Crippen LogP contribution is -2.50. The van der Waals surface area contributed by atoms with Crippen LogP contribution in [0.25, 0.3) is 0 Å². The molecule has 0 bridgehead atoms. The van der Waals surface area contributed by atoms with Crippen molar-refractivity contribution in [2.45, 2.75) is 31.7 Å². The number of alkyl halides is 2. The maximum Gasteiger partial charge on any atom is 0.0469 e. The molecule has 0 atom stereocenters. The smallest absolute Gasteiger partial charge is 0.0469 e. The molecule has 1 aliphatic rings. The zero-order valence-electron chi connectivity index (χ0n) is 9.40. The van der Waals surface area contributed by atoms with Crippen LogP contribution >= 0.6 is 23.2 Å². The van der Waals surface area contributed by atoms with Crippen molar-refractivity contribution in [3.05, 3.63) is 0 Å². The van der Waals surface area contributed by atoms with Crippen molar-refractivity contribution in [2.75, 3.05) is 31.5 Å². The van der Waals surface area contributed by atoms with Crippen molar-refractivity contribution >= 4 is 23.2 Å². The second-order valence-corrected chi connectivity index (χ2v) is 4.87. The molecular formula is C11H21Cl2NO. The van der Waals surface area contributed by atoms with Crippen LogP contribution in [0, 0.1) is 5.92 Å². The van der Waals surface area contributed by atoms with Crippen molar-refractivity contribution in [1.29, 1.82) is 0 Å². The lowest BCUT2D eigenvalue weighted by atomic mass is 9.96. The van der Waals surface area contributed by atoms with Crippen LogP contribution in [0.4, 0.5) is 0 Å². The lowest BCUT2D eigenvalue weighted by Gasteiger charge is -2.33. The summed E-state index contributed by atoms with van der Waals surface area (Å²) in [5.41, 5.74) is -0.0819. The van der Waals surface area contributed by atoms with E-state index in [-0.39, 0.29) is 5.54 Å². The van der Waals surface area contributed by atoms with Crippen LogP contribution in [-0.2, 0) is 4.74 Å². The summed E-state index contributed by atoms with van der Waals surface area (Å²) >= 11 is 11.9. The first-order valence-electron chi connectivity index (χ1n) is 5.71. The SMILES string of the molecule is CCC(CCl)(CCl)NCC1CCOCC1. The summed E-state index contributed by atoms with van der Waals surface area (Å²) in [5, 5.41) is 3.53. The average molecular weight is 254 g/mol. The fourth-order valence-electron chi connectivity index (χ4n) is 1.76. The van der Waals surface area contributed by atoms with Crippen molar-refractivity contribution in [3.8, 4) is 0 Å². The van der Waals surface area contributed by atoms with E-state index < -0.39 is 0 Å². The first kappa shape index (κ1) is 13.6. The van der Waals surface area contributed by atoms with E-state index >= 15 is 0 Å². The van der Waals surface area contributed by atoms with Gasteiger partial charge in [0, 0.05) is 30.5 Å². The molecule has 0 saturated carbocycles. The Bertz CT molecular complexity index is 160. The quantitative estimate of drug-likeness (QED) is 0.736. The lowest BCUT2D eigenvalue weighted by molar-refractivity contribution is 0.0641. The molecule has 4 heteroatoms. The first-order chi connectivity index (χ1) is 7.26. The summed E-state index contributed by atoms with van der Waals surface area (Å²) in [6, 6.07) is 0. The van der Waals surface area contributed by atoms with Gasteiger partial charge in [0.2, 0.25) is 0 Å². The summed E-state index contributed by atoms with van der Waals surface area (Å²) in [7, 11) is 0. The van der Waals surface area contributed by atoms with Crippen LogP contribution < -0.4 is 5.32 Å². The molecule has 0 unspecified atom stereocenters. The van der Waals surface area contributed by atoms with Crippen molar-refractivity contribution in [2.24, 2.45) is 5.92 Å². The summed E-state index contributed by atoms with van der Waals surface area (Å²) in [5.74, 6) is 1.88. The Kier molecular flexibility index (Phi) is 6.28. The van der Waals surface area contributed by atoms with E-state index in [1.807, 2.05) is 0 Å². The highest BCUT2D eigenvalue weighted by Crippen LogP contribution is 2.18. The molecule has 0 aliphatic carbocycles. The van der Waals surface area contributed by atoms with Gasteiger partial charge in [-0.05, 0) is 31.7 Å². The zero-order chi connectivity index (χ0) is 11.1. The van der Waals surface area contributed by atoms with Gasteiger partial charge in [-0.3, -0.25) is 0 Å². The summed E-state index contributed by atoms with van der Waals surface area (Å²) in [4.78, 5) is 0. The van der Waals surface area contributed by atoms with Gasteiger partial charge in [-0.15, -0.1) is 23.2 Å². The Morgan fingerprint density at radius 2 is 1.87 bits per heavy atom. The molecule has 0 aromatic rings. The summed E-state index contributed by atoms with van der Waals surface area (Å²) in [6.45, 7) is 4.93. The number of nitrogens with one attached hydrogen (secondary N) is 1. The highest BCUT2D eigenvalue weighted by molar-refractivity contribution is 6.22. The first-order valence-corrected chi connectivity index (χ1v) is 6.78. The molecule has 90 valence electrons. The molecule has 0 amide bonds. The molecule has 0 aromatic carbocycles. The Balaban J connectivity index is 2.31. The van der Waals surface area contributed by atoms with Gasteiger partial charge in [0.15, 0.2) is 0 Å². The van der Waals surface area contributed by atoms with E-state index in [0.717, 1.165) is 44.9 Å². The number of hydrogen-bond donors (Lipinski definition) is 1. The normalized spacial score (nSPS) is 19.4. The Morgan fingerprint density at radius 3 is 2.33 bits per heavy atom. The number of hydrogen-bond acceptors (Lipinski definition) is 2. The molecule has 0 aromatic heterocycles. The van der Waals surface area contributed by atoms with E-state index in [1.54, 1.807) is 0 Å². The average Bonchev–Trinajstić information content (AvgIpc) is 2.33. The minimum absolute atomic E-state index is 0.0819. The van der Waals surface area contributed by atoms with Gasteiger partial charge in [-0.1, -0.05) is 6.92 Å².